The van der Waals surface area contributed by atoms with Gasteiger partial charge in [-0.3, -0.25) is 9.97 Å². The second-order valence-electron chi connectivity index (χ2n) is 8.32. The number of benzene rings is 1. The minimum absolute atomic E-state index is 0.111. The minimum atomic E-state index is -2.62. The average molecular weight is 392 g/mol. The lowest BCUT2D eigenvalue weighted by Crippen LogP contribution is -2.51. The van der Waals surface area contributed by atoms with Crippen molar-refractivity contribution in [3.63, 3.8) is 0 Å². The Morgan fingerprint density at radius 1 is 1.21 bits per heavy atom. The van der Waals surface area contributed by atoms with Crippen molar-refractivity contribution >= 4 is 22.8 Å². The molecule has 0 unspecified atom stereocenters. The third kappa shape index (κ3) is 4.66. The standard InChI is InChI=1S/C20H26F2N4O2/c1-12-9-13(25-19(27)28-20(2,3)4)11-26(10-12)15-6-5-14(18(21)22)16-17(15)24-8-7-23-16/h5-8,12-13,18H,9-11H2,1-4H3,(H,25,27)/t12-,13+/m0/s1. The first-order valence-corrected chi connectivity index (χ1v) is 9.40. The number of ether oxygens (including phenoxy) is 1. The summed E-state index contributed by atoms with van der Waals surface area (Å²) in [6.45, 7) is 8.83. The Bertz CT molecular complexity index is 854. The summed E-state index contributed by atoms with van der Waals surface area (Å²) in [6.07, 6.45) is 0.669. The smallest absolute Gasteiger partial charge is 0.407 e. The van der Waals surface area contributed by atoms with Crippen molar-refractivity contribution in [2.24, 2.45) is 5.92 Å². The quantitative estimate of drug-likeness (QED) is 0.843. The van der Waals surface area contributed by atoms with Gasteiger partial charge < -0.3 is 15.0 Å². The Hall–Kier alpha value is -2.51. The van der Waals surface area contributed by atoms with E-state index < -0.39 is 18.1 Å². The van der Waals surface area contributed by atoms with E-state index in [0.717, 1.165) is 18.7 Å². The number of carbonyl (C=O) groups excluding carboxylic acids is 1. The highest BCUT2D eigenvalue weighted by molar-refractivity contribution is 5.90. The molecule has 0 saturated carbocycles. The Morgan fingerprint density at radius 3 is 2.54 bits per heavy atom. The van der Waals surface area contributed by atoms with Crippen LogP contribution in [0.25, 0.3) is 11.0 Å². The first kappa shape index (κ1) is 20.2. The fourth-order valence-corrected chi connectivity index (χ4v) is 3.62. The van der Waals surface area contributed by atoms with Gasteiger partial charge in [-0.2, -0.15) is 0 Å². The molecule has 1 fully saturated rings. The maximum absolute atomic E-state index is 13.3. The van der Waals surface area contributed by atoms with Gasteiger partial charge in [-0.05, 0) is 45.2 Å². The molecule has 1 saturated heterocycles. The summed E-state index contributed by atoms with van der Waals surface area (Å²) >= 11 is 0. The summed E-state index contributed by atoms with van der Waals surface area (Å²) in [5.74, 6) is 0.301. The van der Waals surface area contributed by atoms with E-state index in [4.69, 9.17) is 4.74 Å². The van der Waals surface area contributed by atoms with Gasteiger partial charge >= 0.3 is 6.09 Å². The number of hydrogen-bond acceptors (Lipinski definition) is 5. The highest BCUT2D eigenvalue weighted by Crippen LogP contribution is 2.33. The second kappa shape index (κ2) is 7.85. The number of piperidine rings is 1. The van der Waals surface area contributed by atoms with Gasteiger partial charge in [-0.1, -0.05) is 6.92 Å². The average Bonchev–Trinajstić information content (AvgIpc) is 2.58. The number of aromatic nitrogens is 2. The van der Waals surface area contributed by atoms with Crippen LogP contribution in [0.15, 0.2) is 24.5 Å². The predicted octanol–water partition coefficient (Wildman–Crippen LogP) is 4.31. The van der Waals surface area contributed by atoms with Crippen molar-refractivity contribution in [3.05, 3.63) is 30.1 Å². The third-order valence-electron chi connectivity index (χ3n) is 4.59. The number of amides is 1. The number of nitrogens with zero attached hydrogens (tertiary/aromatic N) is 3. The number of rotatable bonds is 3. The molecule has 28 heavy (non-hydrogen) atoms. The van der Waals surface area contributed by atoms with Crippen molar-refractivity contribution in [1.29, 1.82) is 0 Å². The molecule has 1 aliphatic heterocycles. The normalized spacial score (nSPS) is 20.5. The van der Waals surface area contributed by atoms with Crippen LogP contribution in [0.2, 0.25) is 0 Å². The van der Waals surface area contributed by atoms with Gasteiger partial charge in [0.25, 0.3) is 6.43 Å². The number of alkyl carbamates (subject to hydrolysis) is 1. The number of alkyl halides is 2. The van der Waals surface area contributed by atoms with E-state index in [1.54, 1.807) is 6.07 Å². The summed E-state index contributed by atoms with van der Waals surface area (Å²) in [4.78, 5) is 22.7. The fourth-order valence-electron chi connectivity index (χ4n) is 3.62. The Balaban J connectivity index is 1.85. The number of halogens is 2. The summed E-state index contributed by atoms with van der Waals surface area (Å²) in [5, 5.41) is 2.92. The SMILES string of the molecule is C[C@H]1C[C@@H](NC(=O)OC(C)(C)C)CN(c2ccc(C(F)F)c3nccnc23)C1. The monoisotopic (exact) mass is 392 g/mol. The zero-order valence-corrected chi connectivity index (χ0v) is 16.6. The zero-order chi connectivity index (χ0) is 20.5. The molecule has 152 valence electrons. The highest BCUT2D eigenvalue weighted by atomic mass is 19.3. The fraction of sp³-hybridized carbons (Fsp3) is 0.550. The topological polar surface area (TPSA) is 67.3 Å². The number of carbonyl (C=O) groups is 1. The van der Waals surface area contributed by atoms with Gasteiger partial charge in [-0.15, -0.1) is 0 Å². The van der Waals surface area contributed by atoms with Crippen LogP contribution in [-0.4, -0.2) is 40.8 Å². The third-order valence-corrected chi connectivity index (χ3v) is 4.59. The lowest BCUT2D eigenvalue weighted by molar-refractivity contribution is 0.0495. The molecule has 6 nitrogen and oxygen atoms in total. The van der Waals surface area contributed by atoms with Gasteiger partial charge in [0.15, 0.2) is 0 Å². The van der Waals surface area contributed by atoms with Gasteiger partial charge in [0.05, 0.1) is 11.2 Å². The highest BCUT2D eigenvalue weighted by Gasteiger charge is 2.29. The van der Waals surface area contributed by atoms with Crippen LogP contribution in [0.3, 0.4) is 0 Å². The van der Waals surface area contributed by atoms with Crippen molar-refractivity contribution in [2.45, 2.75) is 52.2 Å². The van der Waals surface area contributed by atoms with Crippen LogP contribution >= 0.6 is 0 Å². The number of hydrogen-bond donors (Lipinski definition) is 1. The van der Waals surface area contributed by atoms with E-state index in [0.29, 0.717) is 18.0 Å². The number of anilines is 1. The molecule has 0 spiro atoms. The summed E-state index contributed by atoms with van der Waals surface area (Å²) < 4.78 is 32.0. The molecule has 0 aliphatic carbocycles. The van der Waals surface area contributed by atoms with E-state index >= 15 is 0 Å². The molecule has 1 aromatic heterocycles. The van der Waals surface area contributed by atoms with E-state index in [1.807, 2.05) is 20.8 Å². The molecule has 8 heteroatoms. The van der Waals surface area contributed by atoms with Crippen molar-refractivity contribution < 1.29 is 18.3 Å². The molecule has 0 radical (unpaired) electrons. The van der Waals surface area contributed by atoms with Crippen LogP contribution in [0, 0.1) is 5.92 Å². The molecule has 1 amide bonds. The Morgan fingerprint density at radius 2 is 1.89 bits per heavy atom. The maximum Gasteiger partial charge on any atom is 0.407 e. The molecular formula is C20H26F2N4O2. The van der Waals surface area contributed by atoms with E-state index in [-0.39, 0.29) is 17.1 Å². The van der Waals surface area contributed by atoms with E-state index in [2.05, 4.69) is 27.1 Å². The largest absolute Gasteiger partial charge is 0.444 e. The first-order valence-electron chi connectivity index (χ1n) is 9.40. The molecule has 1 aliphatic rings. The van der Waals surface area contributed by atoms with Gasteiger partial charge in [0, 0.05) is 37.1 Å². The molecule has 1 aromatic carbocycles. The van der Waals surface area contributed by atoms with E-state index in [9.17, 15) is 13.6 Å². The predicted molar refractivity (Wildman–Crippen MR) is 104 cm³/mol. The molecule has 0 bridgehead atoms. The van der Waals surface area contributed by atoms with Crippen LogP contribution in [-0.2, 0) is 4.74 Å². The van der Waals surface area contributed by atoms with Crippen molar-refractivity contribution in [1.82, 2.24) is 15.3 Å². The molecule has 2 aromatic rings. The van der Waals surface area contributed by atoms with Crippen LogP contribution in [0.5, 0.6) is 0 Å². The second-order valence-corrected chi connectivity index (χ2v) is 8.32. The van der Waals surface area contributed by atoms with Gasteiger partial charge in [0.1, 0.15) is 11.1 Å². The molecule has 2 atom stereocenters. The van der Waals surface area contributed by atoms with Crippen LogP contribution < -0.4 is 10.2 Å². The first-order chi connectivity index (χ1) is 13.1. The lowest BCUT2D eigenvalue weighted by Gasteiger charge is -2.38. The van der Waals surface area contributed by atoms with Gasteiger partial charge in [-0.25, -0.2) is 13.6 Å². The van der Waals surface area contributed by atoms with Crippen molar-refractivity contribution in [2.75, 3.05) is 18.0 Å². The van der Waals surface area contributed by atoms with E-state index in [1.165, 1.54) is 18.5 Å². The minimum Gasteiger partial charge on any atom is -0.444 e. The molecule has 1 N–H and O–H groups in total. The summed E-state index contributed by atoms with van der Waals surface area (Å²) in [5.41, 5.74) is 0.715. The van der Waals surface area contributed by atoms with Gasteiger partial charge in [0.2, 0.25) is 0 Å². The Labute approximate surface area is 163 Å². The zero-order valence-electron chi connectivity index (χ0n) is 16.6. The Kier molecular flexibility index (Phi) is 5.67. The number of fused-ring (bicyclic) bond motifs is 1. The van der Waals surface area contributed by atoms with Crippen molar-refractivity contribution in [3.8, 4) is 0 Å². The molecular weight excluding hydrogens is 366 g/mol. The summed E-state index contributed by atoms with van der Waals surface area (Å²) in [6, 6.07) is 2.97. The van der Waals surface area contributed by atoms with Crippen LogP contribution in [0.4, 0.5) is 19.3 Å². The summed E-state index contributed by atoms with van der Waals surface area (Å²) in [7, 11) is 0. The lowest BCUT2D eigenvalue weighted by atomic mass is 9.95. The maximum atomic E-state index is 13.3. The molecule has 2 heterocycles. The number of nitrogens with one attached hydrogen (secondary N) is 1. The molecule has 3 rings (SSSR count). The van der Waals surface area contributed by atoms with Crippen LogP contribution in [0.1, 0.15) is 46.1 Å².